The molecule has 130 valence electrons. The summed E-state index contributed by atoms with van der Waals surface area (Å²) in [7, 11) is 0. The first-order valence-electron chi connectivity index (χ1n) is 7.71. The molecule has 8 heteroatoms. The summed E-state index contributed by atoms with van der Waals surface area (Å²) in [5, 5.41) is 9.24. The van der Waals surface area contributed by atoms with E-state index in [1.807, 2.05) is 18.2 Å². The summed E-state index contributed by atoms with van der Waals surface area (Å²) >= 11 is 0. The van der Waals surface area contributed by atoms with Gasteiger partial charge in [-0.25, -0.2) is 4.79 Å². The lowest BCUT2D eigenvalue weighted by molar-refractivity contribution is -0.142. The fraction of sp³-hybridized carbons (Fsp3) is 0.438. The van der Waals surface area contributed by atoms with Gasteiger partial charge in [0.05, 0.1) is 0 Å². The summed E-state index contributed by atoms with van der Waals surface area (Å²) < 4.78 is 0. The molecule has 1 aliphatic rings. The zero-order valence-electron chi connectivity index (χ0n) is 13.5. The van der Waals surface area contributed by atoms with Crippen LogP contribution in [0.3, 0.4) is 0 Å². The number of aliphatic carboxylic acids is 1. The van der Waals surface area contributed by atoms with Gasteiger partial charge in [-0.1, -0.05) is 30.3 Å². The molecule has 0 saturated carbocycles. The standard InChI is InChI=1S/C16H21N3O5/c1-12(20)18-7-9-19(10-8-18)16(23)24-17-14(15(21)22)11-13-5-3-2-4-6-13/h2-6,14,17H,7-11H2,1H3,(H,21,22)/t14-/m0/s1. The van der Waals surface area contributed by atoms with Crippen molar-refractivity contribution in [3.63, 3.8) is 0 Å². The molecule has 0 radical (unpaired) electrons. The maximum atomic E-state index is 12.0. The van der Waals surface area contributed by atoms with E-state index in [0.29, 0.717) is 26.2 Å². The van der Waals surface area contributed by atoms with Crippen LogP contribution in [-0.4, -0.2) is 65.1 Å². The van der Waals surface area contributed by atoms with Crippen molar-refractivity contribution in [2.24, 2.45) is 0 Å². The maximum absolute atomic E-state index is 12.0. The number of hydroxylamine groups is 1. The van der Waals surface area contributed by atoms with Crippen LogP contribution in [0, 0.1) is 0 Å². The first kappa shape index (κ1) is 17.7. The molecule has 2 amide bonds. The number of carbonyl (C=O) groups excluding carboxylic acids is 2. The van der Waals surface area contributed by atoms with Crippen LogP contribution in [0.5, 0.6) is 0 Å². The third-order valence-electron chi connectivity index (χ3n) is 3.85. The molecule has 1 atom stereocenters. The van der Waals surface area contributed by atoms with Gasteiger partial charge in [-0.05, 0) is 5.56 Å². The summed E-state index contributed by atoms with van der Waals surface area (Å²) in [5.41, 5.74) is 3.15. The SMILES string of the molecule is CC(=O)N1CCN(C(=O)ON[C@@H](Cc2ccccc2)C(=O)O)CC1. The van der Waals surface area contributed by atoms with Crippen LogP contribution >= 0.6 is 0 Å². The van der Waals surface area contributed by atoms with Gasteiger partial charge in [0.25, 0.3) is 0 Å². The van der Waals surface area contributed by atoms with E-state index in [0.717, 1.165) is 5.56 Å². The summed E-state index contributed by atoms with van der Waals surface area (Å²) in [6.45, 7) is 3.08. The van der Waals surface area contributed by atoms with E-state index in [1.54, 1.807) is 17.0 Å². The van der Waals surface area contributed by atoms with Crippen molar-refractivity contribution in [3.05, 3.63) is 35.9 Å². The fourth-order valence-corrected chi connectivity index (χ4v) is 2.42. The molecule has 1 aromatic carbocycles. The van der Waals surface area contributed by atoms with Crippen LogP contribution in [0.4, 0.5) is 4.79 Å². The Labute approximate surface area is 139 Å². The summed E-state index contributed by atoms with van der Waals surface area (Å²) in [4.78, 5) is 42.6. The topological polar surface area (TPSA) is 99.2 Å². The minimum Gasteiger partial charge on any atom is -0.480 e. The number of hydrogen-bond acceptors (Lipinski definition) is 5. The Morgan fingerprint density at radius 1 is 1.12 bits per heavy atom. The van der Waals surface area contributed by atoms with Gasteiger partial charge in [-0.15, -0.1) is 5.48 Å². The first-order chi connectivity index (χ1) is 11.5. The van der Waals surface area contributed by atoms with Gasteiger partial charge in [0.1, 0.15) is 6.04 Å². The van der Waals surface area contributed by atoms with Gasteiger partial charge in [-0.2, -0.15) is 0 Å². The normalized spacial score (nSPS) is 15.7. The van der Waals surface area contributed by atoms with Crippen molar-refractivity contribution in [1.82, 2.24) is 15.3 Å². The average Bonchev–Trinajstić information content (AvgIpc) is 2.59. The molecule has 1 saturated heterocycles. The van der Waals surface area contributed by atoms with E-state index >= 15 is 0 Å². The highest BCUT2D eigenvalue weighted by molar-refractivity contribution is 5.75. The van der Waals surface area contributed by atoms with Gasteiger partial charge < -0.3 is 19.7 Å². The van der Waals surface area contributed by atoms with Crippen molar-refractivity contribution in [2.45, 2.75) is 19.4 Å². The lowest BCUT2D eigenvalue weighted by atomic mass is 10.1. The average molecular weight is 335 g/mol. The number of piperazine rings is 1. The smallest absolute Gasteiger partial charge is 0.428 e. The molecule has 0 bridgehead atoms. The number of nitrogens with zero attached hydrogens (tertiary/aromatic N) is 2. The third-order valence-corrected chi connectivity index (χ3v) is 3.85. The van der Waals surface area contributed by atoms with E-state index < -0.39 is 18.1 Å². The number of amides is 2. The number of nitrogens with one attached hydrogen (secondary N) is 1. The number of rotatable bonds is 5. The zero-order chi connectivity index (χ0) is 17.5. The van der Waals surface area contributed by atoms with Crippen LogP contribution in [0.15, 0.2) is 30.3 Å². The molecule has 2 rings (SSSR count). The molecule has 0 unspecified atom stereocenters. The van der Waals surface area contributed by atoms with Crippen LogP contribution < -0.4 is 5.48 Å². The van der Waals surface area contributed by atoms with E-state index in [2.05, 4.69) is 5.48 Å². The van der Waals surface area contributed by atoms with Gasteiger partial charge in [0.2, 0.25) is 5.91 Å². The Balaban J connectivity index is 1.82. The van der Waals surface area contributed by atoms with E-state index in [4.69, 9.17) is 4.84 Å². The number of hydrogen-bond donors (Lipinski definition) is 2. The van der Waals surface area contributed by atoms with Crippen molar-refractivity contribution in [1.29, 1.82) is 0 Å². The lowest BCUT2D eigenvalue weighted by Crippen LogP contribution is -2.52. The molecule has 1 heterocycles. The van der Waals surface area contributed by atoms with Crippen LogP contribution in [0.1, 0.15) is 12.5 Å². The van der Waals surface area contributed by atoms with Crippen molar-refractivity contribution in [3.8, 4) is 0 Å². The number of benzene rings is 1. The maximum Gasteiger partial charge on any atom is 0.428 e. The summed E-state index contributed by atoms with van der Waals surface area (Å²) in [6, 6.07) is 8.05. The molecule has 8 nitrogen and oxygen atoms in total. The predicted molar refractivity (Wildman–Crippen MR) is 85.0 cm³/mol. The molecule has 1 aliphatic heterocycles. The minimum atomic E-state index is -1.10. The molecule has 1 aromatic rings. The monoisotopic (exact) mass is 335 g/mol. The van der Waals surface area contributed by atoms with Crippen LogP contribution in [0.2, 0.25) is 0 Å². The molecule has 0 spiro atoms. The molecule has 1 fully saturated rings. The van der Waals surface area contributed by atoms with Crippen LogP contribution in [0.25, 0.3) is 0 Å². The molecule has 24 heavy (non-hydrogen) atoms. The zero-order valence-corrected chi connectivity index (χ0v) is 13.5. The lowest BCUT2D eigenvalue weighted by Gasteiger charge is -2.33. The molecular formula is C16H21N3O5. The van der Waals surface area contributed by atoms with Gasteiger partial charge in [0.15, 0.2) is 0 Å². The number of carboxylic acid groups (broad SMARTS) is 1. The second-order valence-electron chi connectivity index (χ2n) is 5.56. The Morgan fingerprint density at radius 3 is 2.25 bits per heavy atom. The van der Waals surface area contributed by atoms with E-state index in [-0.39, 0.29) is 12.3 Å². The number of carbonyl (C=O) groups is 3. The first-order valence-corrected chi connectivity index (χ1v) is 7.71. The highest BCUT2D eigenvalue weighted by Crippen LogP contribution is 2.06. The Hall–Kier alpha value is -2.61. The summed E-state index contributed by atoms with van der Waals surface area (Å²) in [5.74, 6) is -1.14. The van der Waals surface area contributed by atoms with Crippen molar-refractivity contribution < 1.29 is 24.3 Å². The molecule has 0 aliphatic carbocycles. The third kappa shape index (κ3) is 4.95. The Kier molecular flexibility index (Phi) is 6.14. The quantitative estimate of drug-likeness (QED) is 0.760. The second-order valence-corrected chi connectivity index (χ2v) is 5.56. The molecular weight excluding hydrogens is 314 g/mol. The largest absolute Gasteiger partial charge is 0.480 e. The predicted octanol–water partition coefficient (Wildman–Crippen LogP) is 0.488. The molecule has 2 N–H and O–H groups in total. The number of carboxylic acids is 1. The van der Waals surface area contributed by atoms with E-state index in [9.17, 15) is 19.5 Å². The highest BCUT2D eigenvalue weighted by atomic mass is 16.7. The molecule has 0 aromatic heterocycles. The summed E-state index contributed by atoms with van der Waals surface area (Å²) in [6.07, 6.45) is -0.445. The highest BCUT2D eigenvalue weighted by Gasteiger charge is 2.25. The minimum absolute atomic E-state index is 0.0325. The van der Waals surface area contributed by atoms with Crippen molar-refractivity contribution >= 4 is 18.0 Å². The second kappa shape index (κ2) is 8.30. The van der Waals surface area contributed by atoms with Crippen molar-refractivity contribution in [2.75, 3.05) is 26.2 Å². The van der Waals surface area contributed by atoms with Gasteiger partial charge in [0, 0.05) is 39.5 Å². The van der Waals surface area contributed by atoms with E-state index in [1.165, 1.54) is 11.8 Å². The van der Waals surface area contributed by atoms with Crippen LogP contribution in [-0.2, 0) is 20.8 Å². The Bertz CT molecular complexity index is 585. The Morgan fingerprint density at radius 2 is 1.71 bits per heavy atom. The van der Waals surface area contributed by atoms with Gasteiger partial charge in [-0.3, -0.25) is 9.59 Å². The fourth-order valence-electron chi connectivity index (χ4n) is 2.42. The van der Waals surface area contributed by atoms with Gasteiger partial charge >= 0.3 is 12.1 Å².